The number of aromatic nitrogens is 2. The van der Waals surface area contributed by atoms with Gasteiger partial charge >= 0.3 is 0 Å². The fraction of sp³-hybridized carbons (Fsp3) is 0.133. The Bertz CT molecular complexity index is 822. The first kappa shape index (κ1) is 12.9. The minimum atomic E-state index is -0.230. The Balaban J connectivity index is 2.15. The van der Waals surface area contributed by atoms with Gasteiger partial charge in [0.05, 0.1) is 19.2 Å². The van der Waals surface area contributed by atoms with Crippen molar-refractivity contribution in [2.24, 2.45) is 0 Å². The van der Waals surface area contributed by atoms with E-state index >= 15 is 0 Å². The summed E-state index contributed by atoms with van der Waals surface area (Å²) >= 11 is 5.33. The molecular weight excluding hydrogens is 275 g/mol. The number of ether oxygens (including phenoxy) is 1. The van der Waals surface area contributed by atoms with Crippen LogP contribution in [0.5, 0.6) is 5.75 Å². The monoisotopic (exact) mass is 288 g/mol. The Labute approximate surface area is 120 Å². The second-order valence-electron chi connectivity index (χ2n) is 4.46. The van der Waals surface area contributed by atoms with Crippen LogP contribution < -0.4 is 4.74 Å². The van der Waals surface area contributed by atoms with Crippen LogP contribution in [0.2, 0.25) is 0 Å². The van der Waals surface area contributed by atoms with E-state index in [1.54, 1.807) is 19.2 Å². The van der Waals surface area contributed by atoms with Gasteiger partial charge in [0.2, 0.25) is 0 Å². The fourth-order valence-electron chi connectivity index (χ4n) is 2.28. The zero-order chi connectivity index (χ0) is 14.1. The molecule has 0 aliphatic rings. The third kappa shape index (κ3) is 2.10. The van der Waals surface area contributed by atoms with Gasteiger partial charge in [-0.2, -0.15) is 0 Å². The lowest BCUT2D eigenvalue weighted by molar-refractivity contribution is 0.419. The molecule has 102 valence electrons. The van der Waals surface area contributed by atoms with Crippen molar-refractivity contribution >= 4 is 23.3 Å². The van der Waals surface area contributed by atoms with Crippen LogP contribution in [-0.2, 0) is 6.54 Å². The van der Waals surface area contributed by atoms with E-state index in [1.165, 1.54) is 6.07 Å². The maximum Gasteiger partial charge on any atom is 0.178 e. The first-order valence-electron chi connectivity index (χ1n) is 6.19. The Kier molecular flexibility index (Phi) is 3.28. The standard InChI is InChI=1S/C15H13FN2OS/c1-19-13-8-4-7-12-14(13)17-15(20)18(12)9-10-5-2-3-6-11(10)16/h2-8H,9H2,1H3,(H,17,20). The van der Waals surface area contributed by atoms with E-state index in [2.05, 4.69) is 4.98 Å². The van der Waals surface area contributed by atoms with Crippen LogP contribution in [0.25, 0.3) is 11.0 Å². The lowest BCUT2D eigenvalue weighted by atomic mass is 10.2. The van der Waals surface area contributed by atoms with Crippen molar-refractivity contribution in [2.75, 3.05) is 7.11 Å². The summed E-state index contributed by atoms with van der Waals surface area (Å²) in [7, 11) is 1.61. The van der Waals surface area contributed by atoms with E-state index < -0.39 is 0 Å². The van der Waals surface area contributed by atoms with Gasteiger partial charge in [-0.25, -0.2) is 4.39 Å². The number of methoxy groups -OCH3 is 1. The van der Waals surface area contributed by atoms with Crippen molar-refractivity contribution in [3.05, 3.63) is 58.6 Å². The van der Waals surface area contributed by atoms with Crippen LogP contribution in [0.1, 0.15) is 5.56 Å². The number of rotatable bonds is 3. The number of para-hydroxylation sites is 1. The molecule has 0 radical (unpaired) electrons. The highest BCUT2D eigenvalue weighted by Crippen LogP contribution is 2.25. The summed E-state index contributed by atoms with van der Waals surface area (Å²) in [5.41, 5.74) is 2.33. The van der Waals surface area contributed by atoms with Gasteiger partial charge in [-0.1, -0.05) is 24.3 Å². The van der Waals surface area contributed by atoms with Crippen LogP contribution in [0.3, 0.4) is 0 Å². The van der Waals surface area contributed by atoms with E-state index in [-0.39, 0.29) is 5.82 Å². The predicted octanol–water partition coefficient (Wildman–Crippen LogP) is 3.89. The zero-order valence-corrected chi connectivity index (χ0v) is 11.7. The molecule has 0 atom stereocenters. The lowest BCUT2D eigenvalue weighted by Crippen LogP contribution is -2.01. The molecule has 0 bridgehead atoms. The Morgan fingerprint density at radius 2 is 2.00 bits per heavy atom. The van der Waals surface area contributed by atoms with Gasteiger partial charge in [-0.3, -0.25) is 0 Å². The molecule has 3 aromatic rings. The molecule has 1 aromatic heterocycles. The number of fused-ring (bicyclic) bond motifs is 1. The maximum atomic E-state index is 13.8. The molecule has 5 heteroatoms. The van der Waals surface area contributed by atoms with Crippen molar-refractivity contribution < 1.29 is 9.13 Å². The molecule has 3 rings (SSSR count). The van der Waals surface area contributed by atoms with E-state index in [0.29, 0.717) is 16.9 Å². The second-order valence-corrected chi connectivity index (χ2v) is 4.85. The first-order valence-corrected chi connectivity index (χ1v) is 6.60. The van der Waals surface area contributed by atoms with Crippen LogP contribution in [0.15, 0.2) is 42.5 Å². The first-order chi connectivity index (χ1) is 9.70. The number of hydrogen-bond donors (Lipinski definition) is 1. The van der Waals surface area contributed by atoms with Crippen LogP contribution >= 0.6 is 12.2 Å². The molecule has 20 heavy (non-hydrogen) atoms. The minimum absolute atomic E-state index is 0.230. The Morgan fingerprint density at radius 3 is 2.75 bits per heavy atom. The maximum absolute atomic E-state index is 13.8. The molecule has 0 spiro atoms. The number of benzene rings is 2. The smallest absolute Gasteiger partial charge is 0.178 e. The van der Waals surface area contributed by atoms with E-state index in [1.807, 2.05) is 28.8 Å². The van der Waals surface area contributed by atoms with Gasteiger partial charge in [0.1, 0.15) is 17.1 Å². The van der Waals surface area contributed by atoms with Crippen molar-refractivity contribution in [1.82, 2.24) is 9.55 Å². The SMILES string of the molecule is COc1cccc2c1[nH]c(=S)n2Cc1ccccc1F. The van der Waals surface area contributed by atoms with Gasteiger partial charge < -0.3 is 14.3 Å². The van der Waals surface area contributed by atoms with Crippen molar-refractivity contribution in [1.29, 1.82) is 0 Å². The summed E-state index contributed by atoms with van der Waals surface area (Å²) < 4.78 is 21.5. The van der Waals surface area contributed by atoms with Crippen LogP contribution in [0, 0.1) is 10.6 Å². The molecule has 0 aliphatic heterocycles. The normalized spacial score (nSPS) is 10.9. The average Bonchev–Trinajstić information content (AvgIpc) is 2.77. The summed E-state index contributed by atoms with van der Waals surface area (Å²) in [6.45, 7) is 0.388. The summed E-state index contributed by atoms with van der Waals surface area (Å²) in [5.74, 6) is 0.493. The van der Waals surface area contributed by atoms with E-state index in [9.17, 15) is 4.39 Å². The van der Waals surface area contributed by atoms with Gasteiger partial charge in [0, 0.05) is 5.56 Å². The molecule has 0 aliphatic carbocycles. The number of nitrogens with zero attached hydrogens (tertiary/aromatic N) is 1. The predicted molar refractivity (Wildman–Crippen MR) is 79.2 cm³/mol. The molecule has 0 fully saturated rings. The molecule has 1 N–H and O–H groups in total. The lowest BCUT2D eigenvalue weighted by Gasteiger charge is -2.06. The molecule has 1 heterocycles. The summed E-state index contributed by atoms with van der Waals surface area (Å²) in [6.07, 6.45) is 0. The fourth-order valence-corrected chi connectivity index (χ4v) is 2.54. The summed E-state index contributed by atoms with van der Waals surface area (Å²) in [6, 6.07) is 12.4. The number of halogens is 1. The number of nitrogens with one attached hydrogen (secondary N) is 1. The average molecular weight is 288 g/mol. The highest BCUT2D eigenvalue weighted by atomic mass is 32.1. The molecular formula is C15H13FN2OS. The molecule has 3 nitrogen and oxygen atoms in total. The van der Waals surface area contributed by atoms with Gasteiger partial charge in [-0.05, 0) is 30.4 Å². The topological polar surface area (TPSA) is 29.9 Å². The van der Waals surface area contributed by atoms with Crippen LogP contribution in [-0.4, -0.2) is 16.7 Å². The van der Waals surface area contributed by atoms with Crippen molar-refractivity contribution in [3.8, 4) is 5.75 Å². The largest absolute Gasteiger partial charge is 0.494 e. The second kappa shape index (κ2) is 5.09. The molecule has 2 aromatic carbocycles. The number of hydrogen-bond acceptors (Lipinski definition) is 2. The molecule has 0 saturated carbocycles. The number of aromatic amines is 1. The van der Waals surface area contributed by atoms with Gasteiger partial charge in [-0.15, -0.1) is 0 Å². The summed E-state index contributed by atoms with van der Waals surface area (Å²) in [4.78, 5) is 3.12. The highest BCUT2D eigenvalue weighted by molar-refractivity contribution is 7.71. The van der Waals surface area contributed by atoms with Gasteiger partial charge in [0.15, 0.2) is 4.77 Å². The van der Waals surface area contributed by atoms with Crippen molar-refractivity contribution in [3.63, 3.8) is 0 Å². The number of imidazole rings is 1. The Morgan fingerprint density at radius 1 is 1.20 bits per heavy atom. The summed E-state index contributed by atoms with van der Waals surface area (Å²) in [5, 5.41) is 0. The molecule has 0 saturated heterocycles. The minimum Gasteiger partial charge on any atom is -0.494 e. The van der Waals surface area contributed by atoms with Crippen LogP contribution in [0.4, 0.5) is 4.39 Å². The van der Waals surface area contributed by atoms with E-state index in [0.717, 1.165) is 16.8 Å². The third-order valence-corrected chi connectivity index (χ3v) is 3.60. The van der Waals surface area contributed by atoms with Gasteiger partial charge in [0.25, 0.3) is 0 Å². The number of H-pyrrole nitrogens is 1. The highest BCUT2D eigenvalue weighted by Gasteiger charge is 2.10. The van der Waals surface area contributed by atoms with E-state index in [4.69, 9.17) is 17.0 Å². The Hall–Kier alpha value is -2.14. The zero-order valence-electron chi connectivity index (χ0n) is 10.9. The van der Waals surface area contributed by atoms with Crippen molar-refractivity contribution in [2.45, 2.75) is 6.54 Å². The molecule has 0 unspecified atom stereocenters. The third-order valence-electron chi connectivity index (χ3n) is 3.28. The quantitative estimate of drug-likeness (QED) is 0.741. The molecule has 0 amide bonds.